The van der Waals surface area contributed by atoms with Crippen molar-refractivity contribution in [2.45, 2.75) is 71.0 Å². The van der Waals surface area contributed by atoms with Crippen molar-refractivity contribution in [2.75, 3.05) is 6.61 Å². The lowest BCUT2D eigenvalue weighted by atomic mass is 9.91. The molecular weight excluding hydrogens is 346 g/mol. The third kappa shape index (κ3) is 4.81. The first-order chi connectivity index (χ1) is 12.8. The first-order valence-corrected chi connectivity index (χ1v) is 12.4. The molecule has 0 saturated heterocycles. The van der Waals surface area contributed by atoms with Crippen LogP contribution in [0.1, 0.15) is 53.5 Å². The molecule has 1 aliphatic carbocycles. The molecular formula is C24H35NOSi. The van der Waals surface area contributed by atoms with E-state index >= 15 is 0 Å². The van der Waals surface area contributed by atoms with Gasteiger partial charge in [0.1, 0.15) is 0 Å². The topological polar surface area (TPSA) is 33.0 Å². The Morgan fingerprint density at radius 2 is 1.59 bits per heavy atom. The summed E-state index contributed by atoms with van der Waals surface area (Å²) in [4.78, 5) is 0. The highest BCUT2D eigenvalue weighted by molar-refractivity contribution is 6.77. The van der Waals surface area contributed by atoms with E-state index in [0.29, 0.717) is 23.2 Å². The maximum absolute atomic E-state index is 9.56. The van der Waals surface area contributed by atoms with Crippen LogP contribution in [-0.2, 0) is 10.8 Å². The minimum Gasteiger partial charge on any atom is -0.415 e. The molecule has 1 aliphatic rings. The molecule has 0 bridgehead atoms. The average Bonchev–Trinajstić information content (AvgIpc) is 3.09. The number of allylic oxidation sites excluding steroid dienone is 3. The van der Waals surface area contributed by atoms with E-state index < -0.39 is 8.32 Å². The van der Waals surface area contributed by atoms with Gasteiger partial charge in [-0.05, 0) is 34.2 Å². The van der Waals surface area contributed by atoms with Gasteiger partial charge in [-0.1, -0.05) is 84.0 Å². The van der Waals surface area contributed by atoms with Crippen LogP contribution in [0.5, 0.6) is 0 Å². The monoisotopic (exact) mass is 381 g/mol. The fourth-order valence-corrected chi connectivity index (χ4v) is 10.4. The highest BCUT2D eigenvalue weighted by atomic mass is 28.4. The van der Waals surface area contributed by atoms with Crippen LogP contribution in [0.4, 0.5) is 0 Å². The lowest BCUT2D eigenvalue weighted by Crippen LogP contribution is -2.48. The largest absolute Gasteiger partial charge is 0.415 e. The van der Waals surface area contributed by atoms with Crippen LogP contribution in [-0.4, -0.2) is 14.9 Å². The van der Waals surface area contributed by atoms with Crippen molar-refractivity contribution in [3.05, 3.63) is 59.2 Å². The van der Waals surface area contributed by atoms with E-state index in [0.717, 1.165) is 18.4 Å². The number of rotatable bonds is 9. The minimum absolute atomic E-state index is 0.240. The summed E-state index contributed by atoms with van der Waals surface area (Å²) in [5.74, 6) is 0.240. The van der Waals surface area contributed by atoms with Gasteiger partial charge >= 0.3 is 0 Å². The molecule has 1 aromatic carbocycles. The first-order valence-electron chi connectivity index (χ1n) is 10.3. The van der Waals surface area contributed by atoms with E-state index in [4.69, 9.17) is 4.43 Å². The minimum atomic E-state index is -1.92. The van der Waals surface area contributed by atoms with Gasteiger partial charge in [0.25, 0.3) is 0 Å². The lowest BCUT2D eigenvalue weighted by Gasteiger charge is -2.43. The third-order valence-corrected chi connectivity index (χ3v) is 12.2. The van der Waals surface area contributed by atoms with Crippen LogP contribution >= 0.6 is 0 Å². The summed E-state index contributed by atoms with van der Waals surface area (Å²) < 4.78 is 6.92. The molecule has 0 radical (unpaired) electrons. The Balaban J connectivity index is 2.31. The smallest absolute Gasteiger partial charge is 0.200 e. The molecule has 0 aliphatic heterocycles. The predicted octanol–water partition coefficient (Wildman–Crippen LogP) is 6.82. The van der Waals surface area contributed by atoms with Gasteiger partial charge in [-0.3, -0.25) is 0 Å². The summed E-state index contributed by atoms with van der Waals surface area (Å²) in [5, 5.41) is 9.56. The summed E-state index contributed by atoms with van der Waals surface area (Å²) in [6.45, 7) is 14.7. The van der Waals surface area contributed by atoms with Gasteiger partial charge < -0.3 is 4.43 Å². The maximum atomic E-state index is 9.56. The average molecular weight is 382 g/mol. The molecule has 0 saturated carbocycles. The van der Waals surface area contributed by atoms with Crippen molar-refractivity contribution in [3.63, 3.8) is 0 Å². The van der Waals surface area contributed by atoms with Gasteiger partial charge in [-0.25, -0.2) is 0 Å². The van der Waals surface area contributed by atoms with Crippen LogP contribution in [0.15, 0.2) is 53.6 Å². The number of hydrogen-bond donors (Lipinski definition) is 0. The number of hydrogen-bond acceptors (Lipinski definition) is 2. The molecule has 0 unspecified atom stereocenters. The van der Waals surface area contributed by atoms with Crippen LogP contribution in [0.2, 0.25) is 16.6 Å². The Hall–Kier alpha value is -1.63. The summed E-state index contributed by atoms with van der Waals surface area (Å²) in [7, 11) is -1.92. The Kier molecular flexibility index (Phi) is 7.65. The molecule has 1 atom stereocenters. The summed E-state index contributed by atoms with van der Waals surface area (Å²) >= 11 is 0. The van der Waals surface area contributed by atoms with E-state index in [2.05, 4.69) is 90.1 Å². The second-order valence-electron chi connectivity index (χ2n) is 8.67. The highest BCUT2D eigenvalue weighted by Gasteiger charge is 2.45. The Bertz CT molecular complexity index is 688. The molecule has 1 aromatic rings. The summed E-state index contributed by atoms with van der Waals surface area (Å²) in [5.41, 5.74) is 5.10. The fourth-order valence-electron chi connectivity index (χ4n) is 4.92. The Labute approximate surface area is 167 Å². The fraction of sp³-hybridized carbons (Fsp3) is 0.542. The quantitative estimate of drug-likeness (QED) is 0.440. The van der Waals surface area contributed by atoms with Crippen LogP contribution < -0.4 is 0 Å². The molecule has 146 valence electrons. The molecule has 0 spiro atoms. The van der Waals surface area contributed by atoms with Crippen molar-refractivity contribution in [3.8, 4) is 6.07 Å². The zero-order valence-corrected chi connectivity index (χ0v) is 18.8. The van der Waals surface area contributed by atoms with Crippen molar-refractivity contribution < 1.29 is 4.43 Å². The Morgan fingerprint density at radius 1 is 1.00 bits per heavy atom. The van der Waals surface area contributed by atoms with E-state index in [9.17, 15) is 5.26 Å². The van der Waals surface area contributed by atoms with E-state index in [1.165, 1.54) is 11.1 Å². The van der Waals surface area contributed by atoms with E-state index in [-0.39, 0.29) is 5.92 Å². The van der Waals surface area contributed by atoms with Crippen molar-refractivity contribution in [1.82, 2.24) is 0 Å². The third-order valence-electron chi connectivity index (χ3n) is 6.11. The summed E-state index contributed by atoms with van der Waals surface area (Å²) in [6, 6.07) is 13.0. The molecule has 2 nitrogen and oxygen atoms in total. The van der Waals surface area contributed by atoms with Crippen LogP contribution in [0.25, 0.3) is 0 Å². The number of benzene rings is 1. The predicted molar refractivity (Wildman–Crippen MR) is 117 cm³/mol. The zero-order chi connectivity index (χ0) is 20.0. The summed E-state index contributed by atoms with van der Waals surface area (Å²) in [6.07, 6.45) is 5.95. The molecule has 0 fully saturated rings. The highest BCUT2D eigenvalue weighted by Crippen LogP contribution is 2.43. The van der Waals surface area contributed by atoms with Gasteiger partial charge in [0, 0.05) is 24.5 Å². The van der Waals surface area contributed by atoms with Gasteiger partial charge in [0.2, 0.25) is 0 Å². The maximum Gasteiger partial charge on any atom is 0.200 e. The molecule has 3 heteroatoms. The molecule has 2 rings (SSSR count). The van der Waals surface area contributed by atoms with Crippen molar-refractivity contribution >= 4 is 8.32 Å². The van der Waals surface area contributed by atoms with Gasteiger partial charge in [-0.2, -0.15) is 5.26 Å². The molecule has 0 amide bonds. The van der Waals surface area contributed by atoms with Crippen molar-refractivity contribution in [2.24, 2.45) is 5.92 Å². The Morgan fingerprint density at radius 3 is 2.11 bits per heavy atom. The normalized spacial score (nSPS) is 15.9. The van der Waals surface area contributed by atoms with Crippen molar-refractivity contribution in [1.29, 1.82) is 5.26 Å². The first kappa shape index (κ1) is 21.7. The SMILES string of the molecule is CC(C)[Si](OC[C@H](Cc1ccccc1)C1=C(C#N)CC=C1)(C(C)C)C(C)C. The molecule has 0 heterocycles. The molecule has 0 N–H and O–H groups in total. The lowest BCUT2D eigenvalue weighted by molar-refractivity contribution is 0.238. The van der Waals surface area contributed by atoms with Gasteiger partial charge in [0.05, 0.1) is 6.07 Å². The van der Waals surface area contributed by atoms with E-state index in [1.54, 1.807) is 0 Å². The second-order valence-corrected chi connectivity index (χ2v) is 14.1. The standard InChI is InChI=1S/C24H35NOSi/c1-18(2)27(19(3)4,20(5)6)26-17-23(15-21-11-8-7-9-12-21)24-14-10-13-22(24)16-25/h7-12,14,18-20,23H,13,15,17H2,1-6H3/t23-/m0/s1. The van der Waals surface area contributed by atoms with Crippen LogP contribution in [0, 0.1) is 17.2 Å². The number of nitriles is 1. The second kappa shape index (κ2) is 9.53. The molecule has 27 heavy (non-hydrogen) atoms. The van der Waals surface area contributed by atoms with Gasteiger partial charge in [0.15, 0.2) is 8.32 Å². The van der Waals surface area contributed by atoms with E-state index in [1.807, 2.05) is 0 Å². The van der Waals surface area contributed by atoms with Gasteiger partial charge in [-0.15, -0.1) is 0 Å². The van der Waals surface area contributed by atoms with Crippen LogP contribution in [0.3, 0.4) is 0 Å². The number of nitrogens with zero attached hydrogens (tertiary/aromatic N) is 1. The zero-order valence-electron chi connectivity index (χ0n) is 17.8. The molecule has 0 aromatic heterocycles.